The van der Waals surface area contributed by atoms with E-state index in [2.05, 4.69) is 5.10 Å². The van der Waals surface area contributed by atoms with Crippen LogP contribution in [0.15, 0.2) is 12.4 Å². The normalized spacial score (nSPS) is 22.4. The first-order chi connectivity index (χ1) is 8.29. The number of amides is 1. The van der Waals surface area contributed by atoms with Gasteiger partial charge in [-0.15, -0.1) is 12.4 Å². The molecule has 0 atom stereocenters. The van der Waals surface area contributed by atoms with E-state index >= 15 is 0 Å². The lowest BCUT2D eigenvalue weighted by molar-refractivity contribution is -0.171. The monoisotopic (exact) mass is 298 g/mol. The van der Waals surface area contributed by atoms with Gasteiger partial charge >= 0.3 is 12.1 Å². The number of hydrogen-bond acceptors (Lipinski definition) is 3. The Labute approximate surface area is 113 Å². The number of rotatable bonds is 2. The summed E-state index contributed by atoms with van der Waals surface area (Å²) in [7, 11) is 1.58. The average molecular weight is 299 g/mol. The van der Waals surface area contributed by atoms with Crippen LogP contribution in [-0.4, -0.2) is 33.9 Å². The zero-order valence-electron chi connectivity index (χ0n) is 10.1. The van der Waals surface area contributed by atoms with E-state index in [1.165, 1.54) is 17.1 Å². The first kappa shape index (κ1) is 15.8. The van der Waals surface area contributed by atoms with Gasteiger partial charge in [0.1, 0.15) is 0 Å². The number of anilines is 1. The van der Waals surface area contributed by atoms with Gasteiger partial charge in [0.2, 0.25) is 0 Å². The zero-order valence-corrected chi connectivity index (χ0v) is 10.9. The molecular weight excluding hydrogens is 285 g/mol. The summed E-state index contributed by atoms with van der Waals surface area (Å²) in [6.45, 7) is 0. The van der Waals surface area contributed by atoms with Crippen LogP contribution in [-0.2, 0) is 11.8 Å². The molecule has 1 aliphatic rings. The SMILES string of the molecule is Cl.Cn1cc(N(C(=O)C(F)(F)F)C2CC(N)C2)cn1. The molecule has 1 saturated carbocycles. The minimum absolute atomic E-state index is 0. The van der Waals surface area contributed by atoms with E-state index < -0.39 is 18.1 Å². The van der Waals surface area contributed by atoms with E-state index in [1.807, 2.05) is 0 Å². The van der Waals surface area contributed by atoms with Crippen LogP contribution in [0.1, 0.15) is 12.8 Å². The third-order valence-corrected chi connectivity index (χ3v) is 2.95. The van der Waals surface area contributed by atoms with Crippen molar-refractivity contribution in [1.29, 1.82) is 0 Å². The number of carbonyl (C=O) groups excluding carboxylic acids is 1. The van der Waals surface area contributed by atoms with Gasteiger partial charge in [-0.3, -0.25) is 14.4 Å². The maximum Gasteiger partial charge on any atom is 0.471 e. The second-order valence-corrected chi connectivity index (χ2v) is 4.43. The molecule has 0 saturated heterocycles. The number of halogens is 4. The summed E-state index contributed by atoms with van der Waals surface area (Å²) < 4.78 is 39.0. The molecule has 1 heterocycles. The number of aryl methyl sites for hydroxylation is 1. The fourth-order valence-corrected chi connectivity index (χ4v) is 2.00. The number of nitrogens with two attached hydrogens (primary N) is 1. The van der Waals surface area contributed by atoms with E-state index in [4.69, 9.17) is 5.73 Å². The average Bonchev–Trinajstić information content (AvgIpc) is 2.61. The molecule has 0 bridgehead atoms. The van der Waals surface area contributed by atoms with Crippen LogP contribution >= 0.6 is 12.4 Å². The smallest absolute Gasteiger partial charge is 0.328 e. The molecule has 108 valence electrons. The van der Waals surface area contributed by atoms with E-state index in [1.54, 1.807) is 7.05 Å². The molecule has 0 aliphatic heterocycles. The van der Waals surface area contributed by atoms with Crippen molar-refractivity contribution in [2.45, 2.75) is 31.1 Å². The fraction of sp³-hybridized carbons (Fsp3) is 0.600. The Kier molecular flexibility index (Phi) is 4.46. The molecule has 0 unspecified atom stereocenters. The van der Waals surface area contributed by atoms with Crippen molar-refractivity contribution >= 4 is 24.0 Å². The Bertz CT molecular complexity index is 456. The van der Waals surface area contributed by atoms with Crippen LogP contribution in [0.5, 0.6) is 0 Å². The minimum Gasteiger partial charge on any atom is -0.328 e. The van der Waals surface area contributed by atoms with Crippen LogP contribution in [0.3, 0.4) is 0 Å². The molecule has 1 aliphatic carbocycles. The van der Waals surface area contributed by atoms with Crippen molar-refractivity contribution in [2.75, 3.05) is 4.90 Å². The quantitative estimate of drug-likeness (QED) is 0.893. The predicted octanol–water partition coefficient (Wildman–Crippen LogP) is 1.23. The van der Waals surface area contributed by atoms with Gasteiger partial charge in [0.15, 0.2) is 0 Å². The molecule has 2 N–H and O–H groups in total. The van der Waals surface area contributed by atoms with E-state index in [0.717, 1.165) is 4.90 Å². The molecule has 0 aromatic carbocycles. The molecule has 1 fully saturated rings. The van der Waals surface area contributed by atoms with Crippen molar-refractivity contribution < 1.29 is 18.0 Å². The molecule has 1 amide bonds. The Hall–Kier alpha value is -1.28. The molecule has 19 heavy (non-hydrogen) atoms. The Balaban J connectivity index is 0.00000180. The summed E-state index contributed by atoms with van der Waals surface area (Å²) in [6.07, 6.45) is -1.52. The maximum absolute atomic E-state index is 12.6. The third kappa shape index (κ3) is 3.19. The maximum atomic E-state index is 12.6. The lowest BCUT2D eigenvalue weighted by atomic mass is 9.86. The molecule has 9 heteroatoms. The van der Waals surface area contributed by atoms with Crippen LogP contribution < -0.4 is 10.6 Å². The molecular formula is C10H14ClF3N4O. The summed E-state index contributed by atoms with van der Waals surface area (Å²) >= 11 is 0. The Morgan fingerprint density at radius 2 is 2.11 bits per heavy atom. The van der Waals surface area contributed by atoms with E-state index in [9.17, 15) is 18.0 Å². The lowest BCUT2D eigenvalue weighted by Gasteiger charge is -2.40. The fourth-order valence-electron chi connectivity index (χ4n) is 2.00. The second kappa shape index (κ2) is 5.38. The third-order valence-electron chi connectivity index (χ3n) is 2.95. The van der Waals surface area contributed by atoms with Crippen LogP contribution in [0.2, 0.25) is 0 Å². The van der Waals surface area contributed by atoms with Gasteiger partial charge in [0, 0.05) is 25.3 Å². The van der Waals surface area contributed by atoms with Gasteiger partial charge in [-0.2, -0.15) is 18.3 Å². The predicted molar refractivity (Wildman–Crippen MR) is 65.0 cm³/mol. The number of carbonyl (C=O) groups is 1. The number of nitrogens with zero attached hydrogens (tertiary/aromatic N) is 3. The van der Waals surface area contributed by atoms with Gasteiger partial charge in [-0.05, 0) is 12.8 Å². The summed E-state index contributed by atoms with van der Waals surface area (Å²) in [5, 5.41) is 3.79. The Morgan fingerprint density at radius 1 is 1.53 bits per heavy atom. The van der Waals surface area contributed by atoms with Crippen molar-refractivity contribution in [3.05, 3.63) is 12.4 Å². The first-order valence-corrected chi connectivity index (χ1v) is 5.43. The summed E-state index contributed by atoms with van der Waals surface area (Å²) in [5.74, 6) is -1.87. The van der Waals surface area contributed by atoms with Crippen LogP contribution in [0.4, 0.5) is 18.9 Å². The molecule has 5 nitrogen and oxygen atoms in total. The number of aromatic nitrogens is 2. The Morgan fingerprint density at radius 3 is 2.47 bits per heavy atom. The highest BCUT2D eigenvalue weighted by atomic mass is 35.5. The molecule has 2 rings (SSSR count). The molecule has 1 aromatic heterocycles. The lowest BCUT2D eigenvalue weighted by Crippen LogP contribution is -2.56. The summed E-state index contributed by atoms with van der Waals surface area (Å²) in [4.78, 5) is 12.2. The van der Waals surface area contributed by atoms with E-state index in [0.29, 0.717) is 12.8 Å². The topological polar surface area (TPSA) is 64.2 Å². The summed E-state index contributed by atoms with van der Waals surface area (Å²) in [6, 6.07) is -0.645. The van der Waals surface area contributed by atoms with E-state index in [-0.39, 0.29) is 24.1 Å². The van der Waals surface area contributed by atoms with Crippen LogP contribution in [0.25, 0.3) is 0 Å². The van der Waals surface area contributed by atoms with Crippen molar-refractivity contribution in [3.8, 4) is 0 Å². The number of alkyl halides is 3. The van der Waals surface area contributed by atoms with Gasteiger partial charge in [-0.25, -0.2) is 0 Å². The van der Waals surface area contributed by atoms with Gasteiger partial charge in [-0.1, -0.05) is 0 Å². The largest absolute Gasteiger partial charge is 0.471 e. The minimum atomic E-state index is -4.89. The van der Waals surface area contributed by atoms with Gasteiger partial charge in [0.25, 0.3) is 0 Å². The number of hydrogen-bond donors (Lipinski definition) is 1. The highest BCUT2D eigenvalue weighted by Gasteiger charge is 2.47. The van der Waals surface area contributed by atoms with Crippen molar-refractivity contribution in [3.63, 3.8) is 0 Å². The molecule has 1 aromatic rings. The molecule has 0 spiro atoms. The highest BCUT2D eigenvalue weighted by Crippen LogP contribution is 2.32. The van der Waals surface area contributed by atoms with Gasteiger partial charge < -0.3 is 5.73 Å². The zero-order chi connectivity index (χ0) is 13.5. The molecule has 0 radical (unpaired) electrons. The second-order valence-electron chi connectivity index (χ2n) is 4.43. The summed E-state index contributed by atoms with van der Waals surface area (Å²) in [5.41, 5.74) is 5.71. The van der Waals surface area contributed by atoms with Gasteiger partial charge in [0.05, 0.1) is 11.9 Å². The highest BCUT2D eigenvalue weighted by molar-refractivity contribution is 5.97. The standard InChI is InChI=1S/C10H13F3N4O.ClH/c1-16-5-8(4-15-16)17(7-2-6(14)3-7)9(18)10(11,12)13;/h4-7H,2-3,14H2,1H3;1H. The van der Waals surface area contributed by atoms with Crippen LogP contribution in [0, 0.1) is 0 Å². The van der Waals surface area contributed by atoms with Crippen molar-refractivity contribution in [1.82, 2.24) is 9.78 Å². The first-order valence-electron chi connectivity index (χ1n) is 5.43. The van der Waals surface area contributed by atoms with Crippen molar-refractivity contribution in [2.24, 2.45) is 12.8 Å².